The minimum Gasteiger partial charge on any atom is -0.352 e. The molecular weight excluding hydrogens is 452 g/mol. The number of alkyl halides is 2. The van der Waals surface area contributed by atoms with Gasteiger partial charge >= 0.3 is 0 Å². The van der Waals surface area contributed by atoms with Gasteiger partial charge in [-0.25, -0.2) is 18.7 Å². The van der Waals surface area contributed by atoms with Gasteiger partial charge in [0.1, 0.15) is 0 Å². The molecule has 8 nitrogen and oxygen atoms in total. The van der Waals surface area contributed by atoms with Gasteiger partial charge in [-0.1, -0.05) is 25.4 Å². The lowest BCUT2D eigenvalue weighted by atomic mass is 10.1. The molecule has 1 atom stereocenters. The van der Waals surface area contributed by atoms with Crippen molar-refractivity contribution in [1.29, 1.82) is 0 Å². The molecule has 1 aromatic carbocycles. The van der Waals surface area contributed by atoms with E-state index in [-0.39, 0.29) is 23.5 Å². The van der Waals surface area contributed by atoms with Crippen LogP contribution in [0.2, 0.25) is 5.02 Å². The summed E-state index contributed by atoms with van der Waals surface area (Å²) in [4.78, 5) is 24.2. The minimum absolute atomic E-state index is 0.201. The summed E-state index contributed by atoms with van der Waals surface area (Å²) >= 11 is 6.13. The molecule has 0 unspecified atom stereocenters. The molecule has 2 aromatic heterocycles. The molecule has 3 rings (SSSR count). The molecule has 1 N–H and O–H groups in total. The second kappa shape index (κ2) is 11.6. The molecule has 0 aliphatic rings. The minimum atomic E-state index is -3.00. The van der Waals surface area contributed by atoms with Crippen molar-refractivity contribution in [3.8, 4) is 5.69 Å². The van der Waals surface area contributed by atoms with Gasteiger partial charge in [0, 0.05) is 43.5 Å². The van der Waals surface area contributed by atoms with Crippen LogP contribution < -0.4 is 5.32 Å². The van der Waals surface area contributed by atoms with Crippen molar-refractivity contribution in [2.45, 2.75) is 46.6 Å². The zero-order chi connectivity index (χ0) is 24.6. The Morgan fingerprint density at radius 2 is 1.82 bits per heavy atom. The number of aromatic nitrogens is 5. The van der Waals surface area contributed by atoms with E-state index in [1.54, 1.807) is 23.1 Å². The Hall–Kier alpha value is -3.14. The van der Waals surface area contributed by atoms with E-state index < -0.39 is 5.92 Å². The topological polar surface area (TPSA) is 88.8 Å². The second-order valence-electron chi connectivity index (χ2n) is 6.98. The first-order valence-electron chi connectivity index (χ1n) is 10.6. The fourth-order valence-corrected chi connectivity index (χ4v) is 3.17. The quantitative estimate of drug-likeness (QED) is 0.498. The fraction of sp³-hybridized carbons (Fsp3) is 0.409. The lowest BCUT2D eigenvalue weighted by Crippen LogP contribution is -2.42. The summed E-state index contributed by atoms with van der Waals surface area (Å²) in [7, 11) is 0. The normalized spacial score (nSPS) is 11.9. The SMILES string of the molecule is CC.CCN(C(=O)c1cc(Cl)ccc1-n1nccn1)[C@@H](C)CNc1ncc(C(C)(F)F)cn1. The molecule has 0 aliphatic heterocycles. The summed E-state index contributed by atoms with van der Waals surface area (Å²) in [6, 6.07) is 4.67. The van der Waals surface area contributed by atoms with E-state index in [9.17, 15) is 13.6 Å². The van der Waals surface area contributed by atoms with E-state index >= 15 is 0 Å². The Kier molecular flexibility index (Phi) is 9.22. The van der Waals surface area contributed by atoms with Crippen LogP contribution in [0.5, 0.6) is 0 Å². The van der Waals surface area contributed by atoms with Crippen LogP contribution in [-0.4, -0.2) is 54.9 Å². The summed E-state index contributed by atoms with van der Waals surface area (Å²) < 4.78 is 26.6. The van der Waals surface area contributed by atoms with Gasteiger partial charge in [0.25, 0.3) is 11.8 Å². The third-order valence-corrected chi connectivity index (χ3v) is 4.91. The molecule has 0 saturated carbocycles. The van der Waals surface area contributed by atoms with Crippen LogP contribution in [0.15, 0.2) is 43.0 Å². The third kappa shape index (κ3) is 6.67. The van der Waals surface area contributed by atoms with E-state index in [1.807, 2.05) is 27.7 Å². The highest BCUT2D eigenvalue weighted by atomic mass is 35.5. The number of halogens is 3. The van der Waals surface area contributed by atoms with Gasteiger partial charge < -0.3 is 10.2 Å². The Bertz CT molecular complexity index is 1020. The molecule has 0 saturated heterocycles. The Morgan fingerprint density at radius 1 is 1.21 bits per heavy atom. The number of hydrogen-bond acceptors (Lipinski definition) is 6. The number of carbonyl (C=O) groups is 1. The Balaban J connectivity index is 0.00000187. The Morgan fingerprint density at radius 3 is 2.36 bits per heavy atom. The maximum Gasteiger partial charge on any atom is 0.273 e. The summed E-state index contributed by atoms with van der Waals surface area (Å²) in [5.74, 6) is -3.05. The van der Waals surface area contributed by atoms with Crippen LogP contribution in [0.4, 0.5) is 14.7 Å². The average molecular weight is 480 g/mol. The zero-order valence-corrected chi connectivity index (χ0v) is 20.0. The zero-order valence-electron chi connectivity index (χ0n) is 19.3. The van der Waals surface area contributed by atoms with Crippen molar-refractivity contribution in [3.05, 3.63) is 59.1 Å². The highest BCUT2D eigenvalue weighted by Gasteiger charge is 2.26. The van der Waals surface area contributed by atoms with Crippen LogP contribution in [-0.2, 0) is 5.92 Å². The largest absolute Gasteiger partial charge is 0.352 e. The monoisotopic (exact) mass is 479 g/mol. The molecule has 3 aromatic rings. The molecule has 11 heteroatoms. The Labute approximate surface area is 197 Å². The van der Waals surface area contributed by atoms with E-state index in [0.29, 0.717) is 29.4 Å². The number of amides is 1. The van der Waals surface area contributed by atoms with Crippen molar-refractivity contribution >= 4 is 23.5 Å². The van der Waals surface area contributed by atoms with Crippen molar-refractivity contribution in [2.75, 3.05) is 18.4 Å². The summed E-state index contributed by atoms with van der Waals surface area (Å²) in [6.07, 6.45) is 5.20. The lowest BCUT2D eigenvalue weighted by molar-refractivity contribution is 0.0167. The summed E-state index contributed by atoms with van der Waals surface area (Å²) in [5.41, 5.74) is 0.609. The van der Waals surface area contributed by atoms with Crippen LogP contribution in [0.3, 0.4) is 0 Å². The number of nitrogens with one attached hydrogen (secondary N) is 1. The number of rotatable bonds is 8. The summed E-state index contributed by atoms with van der Waals surface area (Å²) in [5, 5.41) is 11.6. The number of likely N-dealkylation sites (N-methyl/N-ethyl adjacent to an activating group) is 1. The standard InChI is InChI=1S/C20H22ClF2N7O.C2H6/c1-4-29(13(2)10-24-19-25-11-14(12-26-19)20(3,22)23)18(31)16-9-15(21)5-6-17(16)30-27-7-8-28-30;1-2/h5-9,11-13H,4,10H2,1-3H3,(H,24,25,26);1-2H3/t13-;/m0./s1. The van der Waals surface area contributed by atoms with E-state index in [0.717, 1.165) is 19.3 Å². The van der Waals surface area contributed by atoms with Gasteiger partial charge in [-0.3, -0.25) is 4.79 Å². The predicted octanol–water partition coefficient (Wildman–Crippen LogP) is 4.81. The highest BCUT2D eigenvalue weighted by Crippen LogP contribution is 2.25. The molecule has 33 heavy (non-hydrogen) atoms. The maximum atomic E-state index is 13.3. The van der Waals surface area contributed by atoms with Crippen LogP contribution in [0, 0.1) is 0 Å². The highest BCUT2D eigenvalue weighted by molar-refractivity contribution is 6.31. The maximum absolute atomic E-state index is 13.3. The lowest BCUT2D eigenvalue weighted by Gasteiger charge is -2.29. The van der Waals surface area contributed by atoms with Gasteiger partial charge in [0.05, 0.1) is 29.2 Å². The molecule has 0 radical (unpaired) electrons. The number of hydrogen-bond donors (Lipinski definition) is 1. The van der Waals surface area contributed by atoms with Crippen molar-refractivity contribution in [1.82, 2.24) is 29.9 Å². The van der Waals surface area contributed by atoms with Crippen molar-refractivity contribution in [2.24, 2.45) is 0 Å². The van der Waals surface area contributed by atoms with Crippen molar-refractivity contribution < 1.29 is 13.6 Å². The van der Waals surface area contributed by atoms with Crippen LogP contribution in [0.25, 0.3) is 5.69 Å². The number of benzene rings is 1. The number of nitrogens with zero attached hydrogens (tertiary/aromatic N) is 6. The molecule has 2 heterocycles. The second-order valence-corrected chi connectivity index (χ2v) is 7.42. The average Bonchev–Trinajstić information content (AvgIpc) is 3.34. The van der Waals surface area contributed by atoms with Gasteiger partial charge in [0.15, 0.2) is 0 Å². The van der Waals surface area contributed by atoms with E-state index in [1.165, 1.54) is 17.2 Å². The smallest absolute Gasteiger partial charge is 0.273 e. The van der Waals surface area contributed by atoms with Gasteiger partial charge in [-0.2, -0.15) is 15.0 Å². The van der Waals surface area contributed by atoms with Gasteiger partial charge in [-0.05, 0) is 32.0 Å². The van der Waals surface area contributed by atoms with E-state index in [2.05, 4.69) is 25.5 Å². The molecule has 178 valence electrons. The molecule has 1 amide bonds. The number of anilines is 1. The van der Waals surface area contributed by atoms with Gasteiger partial charge in [0.2, 0.25) is 5.95 Å². The van der Waals surface area contributed by atoms with Crippen molar-refractivity contribution in [3.63, 3.8) is 0 Å². The summed E-state index contributed by atoms with van der Waals surface area (Å²) in [6.45, 7) is 9.26. The first-order valence-corrected chi connectivity index (χ1v) is 11.0. The third-order valence-electron chi connectivity index (χ3n) is 4.67. The molecule has 0 bridgehead atoms. The molecule has 0 fully saturated rings. The van der Waals surface area contributed by atoms with E-state index in [4.69, 9.17) is 11.6 Å². The van der Waals surface area contributed by atoms with Gasteiger partial charge in [-0.15, -0.1) is 0 Å². The molecular formula is C22H28ClF2N7O. The molecule has 0 aliphatic carbocycles. The number of carbonyl (C=O) groups excluding carboxylic acids is 1. The van der Waals surface area contributed by atoms with Crippen LogP contribution >= 0.6 is 11.6 Å². The molecule has 0 spiro atoms. The predicted molar refractivity (Wildman–Crippen MR) is 124 cm³/mol. The first kappa shape index (κ1) is 26.1. The first-order chi connectivity index (χ1) is 15.7. The van der Waals surface area contributed by atoms with Crippen LogP contribution in [0.1, 0.15) is 50.5 Å². The fourth-order valence-electron chi connectivity index (χ4n) is 3.00.